The Kier molecular flexibility index (Phi) is 2.52. The van der Waals surface area contributed by atoms with Crippen LogP contribution in [0, 0.1) is 6.92 Å². The number of hydrogen-bond acceptors (Lipinski definition) is 3. The van der Waals surface area contributed by atoms with Crippen molar-refractivity contribution in [3.63, 3.8) is 0 Å². The average molecular weight is 116 g/mol. The first-order valence-corrected chi connectivity index (χ1v) is 2.50. The largest absolute Gasteiger partial charge is 0.147 e. The first-order valence-electron chi connectivity index (χ1n) is 1.62. The maximum atomic E-state index is 3.69. The van der Waals surface area contributed by atoms with Crippen LogP contribution in [-0.4, -0.2) is 10.2 Å². The fourth-order valence-electron chi connectivity index (χ4n) is 0.228. The van der Waals surface area contributed by atoms with E-state index in [2.05, 4.69) is 10.2 Å². The Bertz CT molecular complexity index is 113. The number of rotatable bonds is 0. The van der Waals surface area contributed by atoms with E-state index < -0.39 is 0 Å². The van der Waals surface area contributed by atoms with Crippen LogP contribution in [0.5, 0.6) is 0 Å². The maximum absolute atomic E-state index is 3.69. The third-order valence-electron chi connectivity index (χ3n) is 0.469. The van der Waals surface area contributed by atoms with Crippen molar-refractivity contribution in [1.29, 1.82) is 0 Å². The standard InChI is InChI=1S/C3H4N2S.CH4/c1-3-5-4-2-6-3;/h2H,1H3;1H4. The van der Waals surface area contributed by atoms with Crippen molar-refractivity contribution in [3.8, 4) is 0 Å². The lowest BCUT2D eigenvalue weighted by Crippen LogP contribution is -1.64. The third kappa shape index (κ3) is 1.64. The summed E-state index contributed by atoms with van der Waals surface area (Å²) in [4.78, 5) is 0. The van der Waals surface area contributed by atoms with Crippen LogP contribution < -0.4 is 0 Å². The lowest BCUT2D eigenvalue weighted by atomic mass is 10.9. The van der Waals surface area contributed by atoms with Crippen molar-refractivity contribution >= 4 is 11.3 Å². The molecule has 40 valence electrons. The molecule has 2 nitrogen and oxygen atoms in total. The molecule has 0 unspecified atom stereocenters. The summed E-state index contributed by atoms with van der Waals surface area (Å²) in [6.07, 6.45) is 0. The van der Waals surface area contributed by atoms with Crippen molar-refractivity contribution in [1.82, 2.24) is 10.2 Å². The summed E-state index contributed by atoms with van der Waals surface area (Å²) in [5.41, 5.74) is 1.72. The quantitative estimate of drug-likeness (QED) is 0.513. The summed E-state index contributed by atoms with van der Waals surface area (Å²) in [5, 5.41) is 8.30. The smallest absolute Gasteiger partial charge is 0.114 e. The van der Waals surface area contributed by atoms with E-state index in [0.717, 1.165) is 5.01 Å². The lowest BCUT2D eigenvalue weighted by Gasteiger charge is -1.61. The molecule has 0 N–H and O–H groups in total. The van der Waals surface area contributed by atoms with E-state index in [9.17, 15) is 0 Å². The van der Waals surface area contributed by atoms with Gasteiger partial charge in [0.05, 0.1) is 0 Å². The van der Waals surface area contributed by atoms with Crippen molar-refractivity contribution < 1.29 is 0 Å². The first-order chi connectivity index (χ1) is 2.89. The van der Waals surface area contributed by atoms with Crippen LogP contribution >= 0.6 is 11.3 Å². The Balaban J connectivity index is 0.000000360. The van der Waals surface area contributed by atoms with E-state index in [4.69, 9.17) is 0 Å². The SMILES string of the molecule is C.Cc1nncs1. The molecule has 0 saturated heterocycles. The van der Waals surface area contributed by atoms with Gasteiger partial charge in [-0.3, -0.25) is 0 Å². The highest BCUT2D eigenvalue weighted by Gasteiger charge is 1.78. The monoisotopic (exact) mass is 116 g/mol. The average Bonchev–Trinajstić information content (AvgIpc) is 1.86. The van der Waals surface area contributed by atoms with Gasteiger partial charge in [-0.25, -0.2) is 0 Å². The molecule has 1 aromatic heterocycles. The Morgan fingerprint density at radius 2 is 2.43 bits per heavy atom. The Morgan fingerprint density at radius 3 is 2.57 bits per heavy atom. The van der Waals surface area contributed by atoms with Gasteiger partial charge in [-0.05, 0) is 6.92 Å². The number of aromatic nitrogens is 2. The Labute approximate surface area is 47.2 Å². The summed E-state index contributed by atoms with van der Waals surface area (Å²) in [6.45, 7) is 1.93. The van der Waals surface area contributed by atoms with Crippen molar-refractivity contribution in [2.75, 3.05) is 0 Å². The molecule has 0 bridgehead atoms. The molecular weight excluding hydrogens is 108 g/mol. The molecule has 0 aliphatic carbocycles. The molecule has 0 aromatic carbocycles. The second-order valence-corrected chi connectivity index (χ2v) is 2.00. The molecule has 7 heavy (non-hydrogen) atoms. The normalized spacial score (nSPS) is 7.57. The van der Waals surface area contributed by atoms with Crippen molar-refractivity contribution in [3.05, 3.63) is 10.5 Å². The topological polar surface area (TPSA) is 25.8 Å². The van der Waals surface area contributed by atoms with Gasteiger partial charge in [0.25, 0.3) is 0 Å². The molecule has 0 radical (unpaired) electrons. The predicted octanol–water partition coefficient (Wildman–Crippen LogP) is 1.48. The van der Waals surface area contributed by atoms with Crippen LogP contribution in [0.4, 0.5) is 0 Å². The minimum Gasteiger partial charge on any atom is -0.147 e. The molecule has 0 amide bonds. The van der Waals surface area contributed by atoms with E-state index in [-0.39, 0.29) is 7.43 Å². The van der Waals surface area contributed by atoms with Gasteiger partial charge in [0.15, 0.2) is 0 Å². The molecule has 0 fully saturated rings. The van der Waals surface area contributed by atoms with Gasteiger partial charge in [0, 0.05) is 0 Å². The maximum Gasteiger partial charge on any atom is 0.114 e. The molecule has 0 aliphatic rings. The summed E-state index contributed by atoms with van der Waals surface area (Å²) >= 11 is 1.56. The van der Waals surface area contributed by atoms with E-state index in [1.165, 1.54) is 0 Å². The highest BCUT2D eigenvalue weighted by molar-refractivity contribution is 7.09. The fraction of sp³-hybridized carbons (Fsp3) is 0.500. The number of hydrogen-bond donors (Lipinski definition) is 0. The van der Waals surface area contributed by atoms with Crippen LogP contribution in [0.2, 0.25) is 0 Å². The van der Waals surface area contributed by atoms with Crippen LogP contribution in [-0.2, 0) is 0 Å². The molecular formula is C4H8N2S. The first kappa shape index (κ1) is 6.56. The van der Waals surface area contributed by atoms with Crippen LogP contribution in [0.1, 0.15) is 12.4 Å². The zero-order chi connectivity index (χ0) is 4.41. The van der Waals surface area contributed by atoms with Gasteiger partial charge < -0.3 is 0 Å². The summed E-state index contributed by atoms with van der Waals surface area (Å²) in [6, 6.07) is 0. The van der Waals surface area contributed by atoms with Crippen molar-refractivity contribution in [2.45, 2.75) is 14.4 Å². The molecule has 1 heterocycles. The lowest BCUT2D eigenvalue weighted by molar-refractivity contribution is 1.05. The summed E-state index contributed by atoms with van der Waals surface area (Å²) in [7, 11) is 0. The second-order valence-electron chi connectivity index (χ2n) is 0.958. The van der Waals surface area contributed by atoms with Crippen LogP contribution in [0.25, 0.3) is 0 Å². The molecule has 0 aliphatic heterocycles. The summed E-state index contributed by atoms with van der Waals surface area (Å²) < 4.78 is 0. The Hall–Kier alpha value is -0.440. The molecule has 1 aromatic rings. The third-order valence-corrected chi connectivity index (χ3v) is 1.09. The van der Waals surface area contributed by atoms with E-state index in [0.29, 0.717) is 0 Å². The summed E-state index contributed by atoms with van der Waals surface area (Å²) in [5.74, 6) is 0. The Morgan fingerprint density at radius 1 is 1.71 bits per heavy atom. The van der Waals surface area contributed by atoms with Crippen molar-refractivity contribution in [2.24, 2.45) is 0 Å². The molecule has 3 heteroatoms. The highest BCUT2D eigenvalue weighted by Crippen LogP contribution is 1.94. The van der Waals surface area contributed by atoms with Gasteiger partial charge in [-0.15, -0.1) is 21.5 Å². The minimum atomic E-state index is 0. The van der Waals surface area contributed by atoms with Gasteiger partial charge in [-0.2, -0.15) is 0 Å². The van der Waals surface area contributed by atoms with Gasteiger partial charge >= 0.3 is 0 Å². The minimum absolute atomic E-state index is 0. The van der Waals surface area contributed by atoms with E-state index >= 15 is 0 Å². The second kappa shape index (κ2) is 2.69. The number of aryl methyl sites for hydroxylation is 1. The molecule has 1 rings (SSSR count). The van der Waals surface area contributed by atoms with Gasteiger partial charge in [-0.1, -0.05) is 7.43 Å². The zero-order valence-electron chi connectivity index (χ0n) is 3.38. The molecule has 0 saturated carbocycles. The predicted molar refractivity (Wildman–Crippen MR) is 31.4 cm³/mol. The van der Waals surface area contributed by atoms with Gasteiger partial charge in [0.2, 0.25) is 0 Å². The zero-order valence-corrected chi connectivity index (χ0v) is 4.20. The van der Waals surface area contributed by atoms with Crippen LogP contribution in [0.3, 0.4) is 0 Å². The molecule has 0 spiro atoms. The van der Waals surface area contributed by atoms with E-state index in [1.807, 2.05) is 6.92 Å². The van der Waals surface area contributed by atoms with E-state index in [1.54, 1.807) is 16.8 Å². The fourth-order valence-corrected chi connectivity index (χ4v) is 0.569. The van der Waals surface area contributed by atoms with Gasteiger partial charge in [0.1, 0.15) is 10.5 Å². The number of nitrogens with zero attached hydrogens (tertiary/aromatic N) is 2. The highest BCUT2D eigenvalue weighted by atomic mass is 32.1. The molecule has 0 atom stereocenters. The van der Waals surface area contributed by atoms with Crippen LogP contribution in [0.15, 0.2) is 5.51 Å².